The molecule has 4 heterocycles. The fourth-order valence-corrected chi connectivity index (χ4v) is 4.55. The molecule has 2 aromatic carbocycles. The molecule has 1 unspecified atom stereocenters. The van der Waals surface area contributed by atoms with Crippen LogP contribution < -0.4 is 25.7 Å². The van der Waals surface area contributed by atoms with E-state index in [0.717, 1.165) is 5.56 Å². The number of nitrogens with one attached hydrogen (secondary N) is 2. The van der Waals surface area contributed by atoms with Crippen molar-refractivity contribution < 1.29 is 23.4 Å². The molecule has 6 rings (SSSR count). The summed E-state index contributed by atoms with van der Waals surface area (Å²) in [5.74, 6) is 1.31. The van der Waals surface area contributed by atoms with Crippen LogP contribution in [0.3, 0.4) is 0 Å². The van der Waals surface area contributed by atoms with E-state index in [0.29, 0.717) is 65.1 Å². The van der Waals surface area contributed by atoms with Gasteiger partial charge in [0.05, 0.1) is 18.4 Å². The van der Waals surface area contributed by atoms with E-state index in [9.17, 15) is 9.59 Å². The Bertz CT molecular complexity index is 1540. The molecule has 10 nitrogen and oxygen atoms in total. The van der Waals surface area contributed by atoms with Crippen molar-refractivity contribution in [3.8, 4) is 22.8 Å². The van der Waals surface area contributed by atoms with Crippen LogP contribution in [0, 0.1) is 0 Å². The van der Waals surface area contributed by atoms with Crippen LogP contribution in [0.25, 0.3) is 22.2 Å². The summed E-state index contributed by atoms with van der Waals surface area (Å²) in [5.41, 5.74) is 2.29. The smallest absolute Gasteiger partial charge is 0.347 e. The Morgan fingerprint density at radius 1 is 1.17 bits per heavy atom. The minimum absolute atomic E-state index is 0.0227. The quantitative estimate of drug-likeness (QED) is 0.319. The lowest BCUT2D eigenvalue weighted by molar-refractivity contribution is 0.0277. The third-order valence-electron chi connectivity index (χ3n) is 6.13. The van der Waals surface area contributed by atoms with Gasteiger partial charge in [0, 0.05) is 47.6 Å². The molecule has 0 radical (unpaired) electrons. The van der Waals surface area contributed by atoms with Gasteiger partial charge in [0.1, 0.15) is 11.1 Å². The molecular formula is C26H22N4O6. The minimum Gasteiger partial charge on any atom is -0.454 e. The number of Topliss-reactive ketones (excluding diaryl/α,β-unsaturated/α-hetero) is 1. The highest BCUT2D eigenvalue weighted by atomic mass is 16.7. The molecule has 0 amide bonds. The Morgan fingerprint density at radius 3 is 2.92 bits per heavy atom. The number of benzene rings is 2. The van der Waals surface area contributed by atoms with Crippen LogP contribution in [-0.4, -0.2) is 42.2 Å². The van der Waals surface area contributed by atoms with Crippen LogP contribution in [0.15, 0.2) is 57.9 Å². The number of para-hydroxylation sites is 1. The van der Waals surface area contributed by atoms with Crippen molar-refractivity contribution in [3.05, 3.63) is 70.2 Å². The van der Waals surface area contributed by atoms with Crippen molar-refractivity contribution in [1.29, 1.82) is 0 Å². The number of ether oxygens (including phenoxy) is 3. The van der Waals surface area contributed by atoms with E-state index in [4.69, 9.17) is 18.6 Å². The zero-order valence-corrected chi connectivity index (χ0v) is 19.4. The van der Waals surface area contributed by atoms with Crippen molar-refractivity contribution in [1.82, 2.24) is 15.3 Å². The number of fused-ring (bicyclic) bond motifs is 2. The predicted octanol–water partition coefficient (Wildman–Crippen LogP) is 3.59. The highest BCUT2D eigenvalue weighted by Crippen LogP contribution is 2.40. The Kier molecular flexibility index (Phi) is 5.59. The number of ketones is 1. The summed E-state index contributed by atoms with van der Waals surface area (Å²) in [7, 11) is 0. The number of aromatic nitrogens is 2. The highest BCUT2D eigenvalue weighted by Gasteiger charge is 2.27. The standard InChI is InChI=1S/C26H22N4O6/c1-14(31)22-23(21-12-27-9-10-33-21)17-6-5-15(11-20(17)36-25(22)32)29-26-28-8-7-18(30-26)16-3-2-4-19-24(16)35-13-34-19/h2-8,11,21,27H,9-10,12-13H2,1H3,(H,28,29,30). The van der Waals surface area contributed by atoms with Crippen LogP contribution in [0.2, 0.25) is 0 Å². The third-order valence-corrected chi connectivity index (χ3v) is 6.13. The number of anilines is 2. The number of carbonyl (C=O) groups excluding carboxylic acids is 1. The first-order chi connectivity index (χ1) is 17.6. The van der Waals surface area contributed by atoms with Gasteiger partial charge in [0.15, 0.2) is 17.3 Å². The molecule has 10 heteroatoms. The van der Waals surface area contributed by atoms with Crippen molar-refractivity contribution in [3.63, 3.8) is 0 Å². The molecule has 182 valence electrons. The van der Waals surface area contributed by atoms with Crippen molar-refractivity contribution >= 4 is 28.4 Å². The van der Waals surface area contributed by atoms with E-state index in [-0.39, 0.29) is 18.1 Å². The monoisotopic (exact) mass is 486 g/mol. The number of rotatable bonds is 5. The van der Waals surface area contributed by atoms with Gasteiger partial charge in [-0.15, -0.1) is 0 Å². The average molecular weight is 486 g/mol. The van der Waals surface area contributed by atoms with Gasteiger partial charge < -0.3 is 29.3 Å². The van der Waals surface area contributed by atoms with E-state index in [1.165, 1.54) is 6.92 Å². The molecule has 4 aromatic rings. The van der Waals surface area contributed by atoms with E-state index in [1.807, 2.05) is 24.3 Å². The molecule has 0 spiro atoms. The first-order valence-corrected chi connectivity index (χ1v) is 11.5. The lowest BCUT2D eigenvalue weighted by Crippen LogP contribution is -2.35. The van der Waals surface area contributed by atoms with Crippen molar-refractivity contribution in [2.24, 2.45) is 0 Å². The maximum absolute atomic E-state index is 12.8. The van der Waals surface area contributed by atoms with E-state index < -0.39 is 11.7 Å². The second-order valence-electron chi connectivity index (χ2n) is 8.44. The summed E-state index contributed by atoms with van der Waals surface area (Å²) in [6, 6.07) is 12.7. The zero-order chi connectivity index (χ0) is 24.6. The zero-order valence-electron chi connectivity index (χ0n) is 19.4. The van der Waals surface area contributed by atoms with Gasteiger partial charge in [-0.25, -0.2) is 14.8 Å². The van der Waals surface area contributed by atoms with Crippen LogP contribution >= 0.6 is 0 Å². The Hall–Kier alpha value is -4.28. The van der Waals surface area contributed by atoms with Gasteiger partial charge >= 0.3 is 5.63 Å². The summed E-state index contributed by atoms with van der Waals surface area (Å²) in [4.78, 5) is 34.0. The average Bonchev–Trinajstić information content (AvgIpc) is 3.37. The van der Waals surface area contributed by atoms with Crippen molar-refractivity contribution in [2.75, 3.05) is 31.8 Å². The largest absolute Gasteiger partial charge is 0.454 e. The van der Waals surface area contributed by atoms with Crippen LogP contribution in [-0.2, 0) is 4.74 Å². The summed E-state index contributed by atoms with van der Waals surface area (Å²) >= 11 is 0. The maximum Gasteiger partial charge on any atom is 0.347 e. The molecule has 0 saturated carbocycles. The van der Waals surface area contributed by atoms with Gasteiger partial charge in [0.2, 0.25) is 12.7 Å². The number of nitrogens with zero attached hydrogens (tertiary/aromatic N) is 2. The third kappa shape index (κ3) is 3.96. The molecular weight excluding hydrogens is 464 g/mol. The summed E-state index contributed by atoms with van der Waals surface area (Å²) in [6.45, 7) is 3.22. The summed E-state index contributed by atoms with van der Waals surface area (Å²) < 4.78 is 22.5. The molecule has 0 bridgehead atoms. The molecule has 0 aliphatic carbocycles. The number of hydrogen-bond donors (Lipinski definition) is 2. The van der Waals surface area contributed by atoms with E-state index in [1.54, 1.807) is 24.4 Å². The van der Waals surface area contributed by atoms with Gasteiger partial charge in [0.25, 0.3) is 0 Å². The second kappa shape index (κ2) is 9.06. The fraction of sp³-hybridized carbons (Fsp3) is 0.231. The minimum atomic E-state index is -0.685. The number of hydrogen-bond acceptors (Lipinski definition) is 10. The number of morpholine rings is 1. The van der Waals surface area contributed by atoms with Crippen LogP contribution in [0.4, 0.5) is 11.6 Å². The van der Waals surface area contributed by atoms with Crippen LogP contribution in [0.1, 0.15) is 28.9 Å². The predicted molar refractivity (Wildman–Crippen MR) is 131 cm³/mol. The molecule has 2 aliphatic heterocycles. The van der Waals surface area contributed by atoms with E-state index in [2.05, 4.69) is 20.6 Å². The molecule has 2 aromatic heterocycles. The first kappa shape index (κ1) is 22.2. The topological polar surface area (TPSA) is 125 Å². The Morgan fingerprint density at radius 2 is 2.08 bits per heavy atom. The molecule has 1 atom stereocenters. The van der Waals surface area contributed by atoms with Gasteiger partial charge in [-0.05, 0) is 37.3 Å². The molecule has 36 heavy (non-hydrogen) atoms. The highest BCUT2D eigenvalue weighted by molar-refractivity contribution is 6.00. The normalized spacial score (nSPS) is 16.8. The van der Waals surface area contributed by atoms with Gasteiger partial charge in [-0.2, -0.15) is 0 Å². The number of carbonyl (C=O) groups is 1. The second-order valence-corrected chi connectivity index (χ2v) is 8.44. The SMILES string of the molecule is CC(=O)c1c(C2CNCCO2)c2ccc(Nc3nccc(-c4cccc5c4OCO5)n3)cc2oc1=O. The van der Waals surface area contributed by atoms with Crippen LogP contribution in [0.5, 0.6) is 11.5 Å². The van der Waals surface area contributed by atoms with Crippen molar-refractivity contribution in [2.45, 2.75) is 13.0 Å². The molecule has 1 fully saturated rings. The van der Waals surface area contributed by atoms with Gasteiger partial charge in [-0.1, -0.05) is 6.07 Å². The Labute approximate surface area is 205 Å². The first-order valence-electron chi connectivity index (χ1n) is 11.5. The van der Waals surface area contributed by atoms with E-state index >= 15 is 0 Å². The molecule has 1 saturated heterocycles. The van der Waals surface area contributed by atoms with Gasteiger partial charge in [-0.3, -0.25) is 4.79 Å². The summed E-state index contributed by atoms with van der Waals surface area (Å²) in [6.07, 6.45) is 1.22. The lowest BCUT2D eigenvalue weighted by atomic mass is 9.96. The fourth-order valence-electron chi connectivity index (χ4n) is 4.55. The lowest BCUT2D eigenvalue weighted by Gasteiger charge is -2.26. The molecule has 2 aliphatic rings. The molecule has 2 N–H and O–H groups in total. The maximum atomic E-state index is 12.8. The summed E-state index contributed by atoms with van der Waals surface area (Å²) in [5, 5.41) is 7.05. The Balaban J connectivity index is 1.37.